The maximum atomic E-state index is 5.52. The Hall–Kier alpha value is -1.38. The van der Waals surface area contributed by atoms with Crippen LogP contribution >= 0.6 is 0 Å². The van der Waals surface area contributed by atoms with Crippen molar-refractivity contribution in [3.05, 3.63) is 18.2 Å². The Kier molecular flexibility index (Phi) is 4.11. The van der Waals surface area contributed by atoms with E-state index in [1.54, 1.807) is 26.4 Å². The molecule has 0 spiro atoms. The molecule has 3 heteroatoms. The Morgan fingerprint density at radius 3 is 2.64 bits per heavy atom. The maximum Gasteiger partial charge on any atom is 0.204 e. The Morgan fingerprint density at radius 2 is 2.07 bits per heavy atom. The molecule has 0 N–H and O–H groups in total. The van der Waals surface area contributed by atoms with Gasteiger partial charge in [-0.15, -0.1) is 0 Å². The van der Waals surface area contributed by atoms with Gasteiger partial charge >= 0.3 is 0 Å². The van der Waals surface area contributed by atoms with Crippen molar-refractivity contribution >= 4 is 0 Å². The first-order valence-corrected chi connectivity index (χ1v) is 4.59. The lowest BCUT2D eigenvalue weighted by Crippen LogP contribution is -2.00. The Labute approximate surface area is 84.6 Å². The van der Waals surface area contributed by atoms with Crippen molar-refractivity contribution in [2.45, 2.75) is 13.3 Å². The molecular formula is C11H15O3. The fourth-order valence-electron chi connectivity index (χ4n) is 1.10. The van der Waals surface area contributed by atoms with Crippen LogP contribution in [0.2, 0.25) is 0 Å². The molecule has 0 aromatic heterocycles. The predicted octanol–water partition coefficient (Wildman–Crippen LogP) is 2.29. The molecule has 1 radical (unpaired) electrons. The highest BCUT2D eigenvalue weighted by molar-refractivity contribution is 5.50. The van der Waals surface area contributed by atoms with Crippen LogP contribution in [0, 0.1) is 6.07 Å². The fourth-order valence-corrected chi connectivity index (χ4v) is 1.10. The SMILES string of the molecule is CCCOc1c(OC)[c]ccc1OC. The largest absolute Gasteiger partial charge is 0.493 e. The quantitative estimate of drug-likeness (QED) is 0.721. The summed E-state index contributed by atoms with van der Waals surface area (Å²) < 4.78 is 15.8. The van der Waals surface area contributed by atoms with Crippen LogP contribution < -0.4 is 14.2 Å². The first kappa shape index (κ1) is 10.7. The molecule has 0 unspecified atom stereocenters. The summed E-state index contributed by atoms with van der Waals surface area (Å²) in [5, 5.41) is 0. The third kappa shape index (κ3) is 2.31. The van der Waals surface area contributed by atoms with Crippen LogP contribution in [0.15, 0.2) is 12.1 Å². The molecule has 0 amide bonds. The number of hydrogen-bond acceptors (Lipinski definition) is 3. The monoisotopic (exact) mass is 195 g/mol. The number of methoxy groups -OCH3 is 2. The highest BCUT2D eigenvalue weighted by atomic mass is 16.5. The minimum Gasteiger partial charge on any atom is -0.493 e. The van der Waals surface area contributed by atoms with Crippen LogP contribution in [0.4, 0.5) is 0 Å². The second-order valence-corrected chi connectivity index (χ2v) is 2.76. The second kappa shape index (κ2) is 5.37. The number of benzene rings is 1. The van der Waals surface area contributed by atoms with Crippen LogP contribution in [-0.2, 0) is 0 Å². The summed E-state index contributed by atoms with van der Waals surface area (Å²) in [6, 6.07) is 6.49. The third-order valence-corrected chi connectivity index (χ3v) is 1.75. The molecule has 1 aromatic carbocycles. The highest BCUT2D eigenvalue weighted by Gasteiger charge is 2.10. The minimum absolute atomic E-state index is 0.581. The normalized spacial score (nSPS) is 9.64. The van der Waals surface area contributed by atoms with Gasteiger partial charge in [-0.3, -0.25) is 0 Å². The van der Waals surface area contributed by atoms with E-state index >= 15 is 0 Å². The van der Waals surface area contributed by atoms with Crippen LogP contribution in [0.5, 0.6) is 17.2 Å². The van der Waals surface area contributed by atoms with Crippen LogP contribution in [0.1, 0.15) is 13.3 Å². The lowest BCUT2D eigenvalue weighted by atomic mass is 10.3. The van der Waals surface area contributed by atoms with Crippen molar-refractivity contribution in [2.75, 3.05) is 20.8 Å². The number of rotatable bonds is 5. The molecule has 0 atom stereocenters. The van der Waals surface area contributed by atoms with Gasteiger partial charge in [0, 0.05) is 6.07 Å². The minimum atomic E-state index is 0.581. The van der Waals surface area contributed by atoms with Gasteiger partial charge < -0.3 is 14.2 Å². The summed E-state index contributed by atoms with van der Waals surface area (Å²) >= 11 is 0. The molecule has 1 aromatic rings. The van der Waals surface area contributed by atoms with Gasteiger partial charge in [0.05, 0.1) is 20.8 Å². The standard InChI is InChI=1S/C11H15O3/c1-4-8-14-11-9(12-2)6-5-7-10(11)13-3/h5-6H,4,8H2,1-3H3. The molecule has 14 heavy (non-hydrogen) atoms. The van der Waals surface area contributed by atoms with Gasteiger partial charge in [-0.2, -0.15) is 0 Å². The van der Waals surface area contributed by atoms with Gasteiger partial charge in [0.2, 0.25) is 5.75 Å². The summed E-state index contributed by atoms with van der Waals surface area (Å²) in [5.74, 6) is 1.88. The van der Waals surface area contributed by atoms with Gasteiger partial charge in [0.1, 0.15) is 0 Å². The summed E-state index contributed by atoms with van der Waals surface area (Å²) in [6.07, 6.45) is 0.946. The molecule has 0 heterocycles. The predicted molar refractivity (Wildman–Crippen MR) is 54.2 cm³/mol. The lowest BCUT2D eigenvalue weighted by Gasteiger charge is -2.12. The summed E-state index contributed by atoms with van der Waals surface area (Å²) in [5.41, 5.74) is 0. The van der Waals surface area contributed by atoms with E-state index in [1.165, 1.54) is 0 Å². The molecule has 0 aliphatic carbocycles. The first-order chi connectivity index (χ1) is 6.83. The average Bonchev–Trinajstić information content (AvgIpc) is 2.25. The van der Waals surface area contributed by atoms with Crippen molar-refractivity contribution in [3.63, 3.8) is 0 Å². The molecule has 0 saturated heterocycles. The molecule has 3 nitrogen and oxygen atoms in total. The van der Waals surface area contributed by atoms with Crippen molar-refractivity contribution in [3.8, 4) is 17.2 Å². The lowest BCUT2D eigenvalue weighted by molar-refractivity contribution is 0.274. The van der Waals surface area contributed by atoms with E-state index < -0.39 is 0 Å². The van der Waals surface area contributed by atoms with Crippen molar-refractivity contribution in [1.82, 2.24) is 0 Å². The van der Waals surface area contributed by atoms with E-state index in [1.807, 2.05) is 6.92 Å². The topological polar surface area (TPSA) is 27.7 Å². The van der Waals surface area contributed by atoms with Crippen molar-refractivity contribution < 1.29 is 14.2 Å². The summed E-state index contributed by atoms with van der Waals surface area (Å²) in [7, 11) is 3.19. The molecule has 77 valence electrons. The second-order valence-electron chi connectivity index (χ2n) is 2.76. The van der Waals surface area contributed by atoms with Gasteiger partial charge in [0.15, 0.2) is 11.5 Å². The summed E-state index contributed by atoms with van der Waals surface area (Å²) in [6.45, 7) is 2.69. The van der Waals surface area contributed by atoms with Crippen LogP contribution in [0.3, 0.4) is 0 Å². The van der Waals surface area contributed by atoms with E-state index in [4.69, 9.17) is 14.2 Å². The zero-order valence-electron chi connectivity index (χ0n) is 8.79. The average molecular weight is 195 g/mol. The van der Waals surface area contributed by atoms with E-state index in [-0.39, 0.29) is 0 Å². The number of hydrogen-bond donors (Lipinski definition) is 0. The first-order valence-electron chi connectivity index (χ1n) is 4.59. The molecule has 0 saturated carbocycles. The zero-order valence-corrected chi connectivity index (χ0v) is 8.79. The Bertz CT molecular complexity index is 262. The van der Waals surface area contributed by atoms with Crippen molar-refractivity contribution in [2.24, 2.45) is 0 Å². The van der Waals surface area contributed by atoms with Gasteiger partial charge in [-0.05, 0) is 18.6 Å². The maximum absolute atomic E-state index is 5.52. The third-order valence-electron chi connectivity index (χ3n) is 1.75. The van der Waals surface area contributed by atoms with E-state index in [9.17, 15) is 0 Å². The van der Waals surface area contributed by atoms with Crippen LogP contribution in [-0.4, -0.2) is 20.8 Å². The van der Waals surface area contributed by atoms with Crippen LogP contribution in [0.25, 0.3) is 0 Å². The highest BCUT2D eigenvalue weighted by Crippen LogP contribution is 2.36. The zero-order chi connectivity index (χ0) is 10.4. The van der Waals surface area contributed by atoms with E-state index in [0.717, 1.165) is 6.42 Å². The van der Waals surface area contributed by atoms with Gasteiger partial charge in [-0.25, -0.2) is 0 Å². The smallest absolute Gasteiger partial charge is 0.204 e. The molecule has 0 bridgehead atoms. The number of ether oxygens (including phenoxy) is 3. The summed E-state index contributed by atoms with van der Waals surface area (Å²) in [4.78, 5) is 0. The Balaban J connectivity index is 2.93. The fraction of sp³-hybridized carbons (Fsp3) is 0.455. The molecular weight excluding hydrogens is 180 g/mol. The Morgan fingerprint density at radius 1 is 1.29 bits per heavy atom. The molecule has 0 aliphatic heterocycles. The molecule has 1 rings (SSSR count). The molecule has 0 fully saturated rings. The molecule has 0 aliphatic rings. The van der Waals surface area contributed by atoms with E-state index in [0.29, 0.717) is 23.9 Å². The van der Waals surface area contributed by atoms with Gasteiger partial charge in [-0.1, -0.05) is 6.92 Å². The van der Waals surface area contributed by atoms with E-state index in [2.05, 4.69) is 6.07 Å². The van der Waals surface area contributed by atoms with Gasteiger partial charge in [0.25, 0.3) is 0 Å². The van der Waals surface area contributed by atoms with Crippen molar-refractivity contribution in [1.29, 1.82) is 0 Å².